The molecule has 35 heavy (non-hydrogen) atoms. The molecule has 0 spiro atoms. The van der Waals surface area contributed by atoms with Crippen molar-refractivity contribution in [1.29, 1.82) is 0 Å². The first-order chi connectivity index (χ1) is 16.6. The van der Waals surface area contributed by atoms with Gasteiger partial charge in [-0.1, -0.05) is 69.3 Å². The van der Waals surface area contributed by atoms with Gasteiger partial charge in [-0.2, -0.15) is 5.10 Å². The highest BCUT2D eigenvalue weighted by molar-refractivity contribution is 6.02. The van der Waals surface area contributed by atoms with Gasteiger partial charge in [-0.15, -0.1) is 0 Å². The molecule has 0 fully saturated rings. The normalized spacial score (nSPS) is 13.5. The number of rotatable bonds is 6. The number of benzene rings is 2. The van der Waals surface area contributed by atoms with Gasteiger partial charge in [0, 0.05) is 19.2 Å². The van der Waals surface area contributed by atoms with E-state index in [1.807, 2.05) is 36.4 Å². The van der Waals surface area contributed by atoms with Crippen LogP contribution in [0.25, 0.3) is 11.1 Å². The van der Waals surface area contributed by atoms with E-state index in [4.69, 9.17) is 4.74 Å². The molecule has 2 aromatic carbocycles. The fourth-order valence-corrected chi connectivity index (χ4v) is 4.36. The zero-order valence-corrected chi connectivity index (χ0v) is 20.0. The molecule has 182 valence electrons. The Bertz CT molecular complexity index is 1250. The van der Waals surface area contributed by atoms with Gasteiger partial charge < -0.3 is 20.5 Å². The summed E-state index contributed by atoms with van der Waals surface area (Å²) in [6.07, 6.45) is 0.560. The minimum Gasteiger partial charge on any atom is -0.477 e. The number of amides is 2. The molecule has 1 aromatic heterocycles. The maximum Gasteiger partial charge on any atom is 0.407 e. The molecule has 9 nitrogen and oxygen atoms in total. The Morgan fingerprint density at radius 2 is 1.63 bits per heavy atom. The zero-order chi connectivity index (χ0) is 25.3. The van der Waals surface area contributed by atoms with Crippen molar-refractivity contribution in [2.75, 3.05) is 11.9 Å². The fourth-order valence-electron chi connectivity index (χ4n) is 4.36. The molecule has 0 bridgehead atoms. The topological polar surface area (TPSA) is 123 Å². The van der Waals surface area contributed by atoms with Gasteiger partial charge in [0.25, 0.3) is 0 Å². The minimum atomic E-state index is -1.22. The first kappa shape index (κ1) is 24.0. The number of alkyl carbamates (subject to hydrolysis) is 1. The molecule has 3 N–H and O–H groups in total. The van der Waals surface area contributed by atoms with Gasteiger partial charge in [0.1, 0.15) is 18.2 Å². The molecule has 1 atom stereocenters. The molecule has 9 heteroatoms. The second-order valence-electron chi connectivity index (χ2n) is 9.63. The third kappa shape index (κ3) is 4.89. The van der Waals surface area contributed by atoms with Crippen LogP contribution in [-0.4, -0.2) is 45.5 Å². The van der Waals surface area contributed by atoms with Crippen LogP contribution in [0, 0.1) is 5.41 Å². The van der Waals surface area contributed by atoms with Crippen LogP contribution in [0.15, 0.2) is 54.7 Å². The van der Waals surface area contributed by atoms with Crippen molar-refractivity contribution >= 4 is 23.8 Å². The Labute approximate surface area is 203 Å². The van der Waals surface area contributed by atoms with E-state index in [1.165, 1.54) is 10.9 Å². The minimum absolute atomic E-state index is 0.0893. The number of fused-ring (bicyclic) bond motifs is 3. The van der Waals surface area contributed by atoms with Gasteiger partial charge in [0.15, 0.2) is 5.82 Å². The standard InChI is InChI=1S/C26H28N4O5/c1-26(2,3)21(23(31)28-22-19(24(32)33)13-30(4)29-22)27-25(34)35-14-20-17-11-7-5-9-15(17)16-10-6-8-12-18(16)20/h5-13,20-21H,14H2,1-4H3,(H,27,34)(H,32,33)(H,28,29,31)/t21-/m0/s1. The Morgan fingerprint density at radius 1 is 1.06 bits per heavy atom. The highest BCUT2D eigenvalue weighted by atomic mass is 16.5. The number of carboxylic acids is 1. The summed E-state index contributed by atoms with van der Waals surface area (Å²) in [5.41, 5.74) is 3.58. The summed E-state index contributed by atoms with van der Waals surface area (Å²) >= 11 is 0. The van der Waals surface area contributed by atoms with Gasteiger partial charge in [0.2, 0.25) is 5.91 Å². The van der Waals surface area contributed by atoms with E-state index in [2.05, 4.69) is 27.9 Å². The van der Waals surface area contributed by atoms with Crippen molar-refractivity contribution in [2.24, 2.45) is 12.5 Å². The molecule has 1 aliphatic rings. The quantitative estimate of drug-likeness (QED) is 0.494. The first-order valence-electron chi connectivity index (χ1n) is 11.3. The summed E-state index contributed by atoms with van der Waals surface area (Å²) < 4.78 is 6.88. The number of nitrogens with zero attached hydrogens (tertiary/aromatic N) is 2. The highest BCUT2D eigenvalue weighted by Crippen LogP contribution is 2.44. The van der Waals surface area contributed by atoms with Gasteiger partial charge in [-0.3, -0.25) is 9.48 Å². The summed E-state index contributed by atoms with van der Waals surface area (Å²) in [7, 11) is 1.55. The van der Waals surface area contributed by atoms with Gasteiger partial charge in [0.05, 0.1) is 0 Å². The number of carboxylic acid groups (broad SMARTS) is 1. The maximum absolute atomic E-state index is 13.0. The SMILES string of the molecule is Cn1cc(C(=O)O)c(NC(=O)[C@H](NC(=O)OCC2c3ccccc3-c3ccccc32)C(C)(C)C)n1. The van der Waals surface area contributed by atoms with E-state index < -0.39 is 29.4 Å². The average Bonchev–Trinajstić information content (AvgIpc) is 3.32. The number of hydrogen-bond donors (Lipinski definition) is 3. The highest BCUT2D eigenvalue weighted by Gasteiger charge is 2.35. The third-order valence-corrected chi connectivity index (χ3v) is 6.03. The van der Waals surface area contributed by atoms with Crippen LogP contribution in [0.1, 0.15) is 48.2 Å². The molecular weight excluding hydrogens is 448 g/mol. The van der Waals surface area contributed by atoms with Gasteiger partial charge in [-0.05, 0) is 27.7 Å². The van der Waals surface area contributed by atoms with Crippen molar-refractivity contribution in [3.05, 3.63) is 71.4 Å². The molecule has 0 saturated heterocycles. The predicted molar refractivity (Wildman–Crippen MR) is 130 cm³/mol. The number of hydrogen-bond acceptors (Lipinski definition) is 5. The second-order valence-corrected chi connectivity index (χ2v) is 9.63. The molecule has 0 unspecified atom stereocenters. The largest absolute Gasteiger partial charge is 0.477 e. The van der Waals surface area contributed by atoms with Crippen molar-refractivity contribution in [3.8, 4) is 11.1 Å². The molecule has 1 heterocycles. The summed E-state index contributed by atoms with van der Waals surface area (Å²) in [5, 5.41) is 18.5. The predicted octanol–water partition coefficient (Wildman–Crippen LogP) is 4.01. The van der Waals surface area contributed by atoms with Gasteiger partial charge >= 0.3 is 12.1 Å². The molecule has 2 amide bonds. The number of aryl methyl sites for hydroxylation is 1. The summed E-state index contributed by atoms with van der Waals surface area (Å²) in [5.74, 6) is -2.01. The lowest BCUT2D eigenvalue weighted by atomic mass is 9.86. The van der Waals surface area contributed by atoms with Crippen LogP contribution in [-0.2, 0) is 16.6 Å². The first-order valence-corrected chi connectivity index (χ1v) is 11.3. The van der Waals surface area contributed by atoms with E-state index in [1.54, 1.807) is 27.8 Å². The second kappa shape index (κ2) is 9.25. The van der Waals surface area contributed by atoms with E-state index in [-0.39, 0.29) is 23.9 Å². The molecular formula is C26H28N4O5. The molecule has 0 aliphatic heterocycles. The molecule has 0 saturated carbocycles. The number of carbonyl (C=O) groups is 3. The Morgan fingerprint density at radius 3 is 2.17 bits per heavy atom. The van der Waals surface area contributed by atoms with Crippen LogP contribution in [0.2, 0.25) is 0 Å². The third-order valence-electron chi connectivity index (χ3n) is 6.03. The van der Waals surface area contributed by atoms with E-state index in [0.717, 1.165) is 22.3 Å². The van der Waals surface area contributed by atoms with Crippen LogP contribution < -0.4 is 10.6 Å². The number of carbonyl (C=O) groups excluding carboxylic acids is 2. The monoisotopic (exact) mass is 476 g/mol. The van der Waals surface area contributed by atoms with Crippen molar-refractivity contribution < 1.29 is 24.2 Å². The Hall–Kier alpha value is -4.14. The number of ether oxygens (including phenoxy) is 1. The van der Waals surface area contributed by atoms with Gasteiger partial charge in [-0.25, -0.2) is 9.59 Å². The summed E-state index contributed by atoms with van der Waals surface area (Å²) in [4.78, 5) is 37.3. The molecule has 1 aliphatic carbocycles. The maximum atomic E-state index is 13.0. The Kier molecular flexibility index (Phi) is 6.34. The summed E-state index contributed by atoms with van der Waals surface area (Å²) in [6.45, 7) is 5.48. The molecule has 3 aromatic rings. The smallest absolute Gasteiger partial charge is 0.407 e. The molecule has 0 radical (unpaired) electrons. The lowest BCUT2D eigenvalue weighted by Gasteiger charge is -2.30. The number of anilines is 1. The van der Waals surface area contributed by atoms with Crippen LogP contribution in [0.3, 0.4) is 0 Å². The fraction of sp³-hybridized carbons (Fsp3) is 0.308. The lowest BCUT2D eigenvalue weighted by Crippen LogP contribution is -2.51. The van der Waals surface area contributed by atoms with Crippen LogP contribution >= 0.6 is 0 Å². The van der Waals surface area contributed by atoms with E-state index in [0.29, 0.717) is 0 Å². The van der Waals surface area contributed by atoms with Crippen LogP contribution in [0.4, 0.5) is 10.6 Å². The number of aromatic carboxylic acids is 1. The van der Waals surface area contributed by atoms with E-state index >= 15 is 0 Å². The Balaban J connectivity index is 1.47. The van der Waals surface area contributed by atoms with Crippen molar-refractivity contribution in [2.45, 2.75) is 32.7 Å². The van der Waals surface area contributed by atoms with Crippen molar-refractivity contribution in [1.82, 2.24) is 15.1 Å². The number of aromatic nitrogens is 2. The summed E-state index contributed by atoms with van der Waals surface area (Å²) in [6, 6.07) is 15.0. The van der Waals surface area contributed by atoms with E-state index in [9.17, 15) is 19.5 Å². The van der Waals surface area contributed by atoms with Crippen LogP contribution in [0.5, 0.6) is 0 Å². The van der Waals surface area contributed by atoms with Crippen molar-refractivity contribution in [3.63, 3.8) is 0 Å². The zero-order valence-electron chi connectivity index (χ0n) is 20.0. The average molecular weight is 477 g/mol. The lowest BCUT2D eigenvalue weighted by molar-refractivity contribution is -0.120. The molecule has 4 rings (SSSR count). The number of nitrogens with one attached hydrogen (secondary N) is 2.